The number of thiophene rings is 1. The van der Waals surface area contributed by atoms with Crippen LogP contribution in [0.1, 0.15) is 29.4 Å². The molecule has 0 saturated carbocycles. The van der Waals surface area contributed by atoms with Crippen LogP contribution in [-0.2, 0) is 10.0 Å². The van der Waals surface area contributed by atoms with E-state index in [0.717, 1.165) is 24.2 Å². The lowest BCUT2D eigenvalue weighted by atomic mass is 10.3. The van der Waals surface area contributed by atoms with Crippen molar-refractivity contribution in [3.05, 3.63) is 17.0 Å². The van der Waals surface area contributed by atoms with Gasteiger partial charge in [-0.1, -0.05) is 13.3 Å². The van der Waals surface area contributed by atoms with Gasteiger partial charge in [-0.3, -0.25) is 0 Å². The molecule has 1 N–H and O–H groups in total. The van der Waals surface area contributed by atoms with Crippen LogP contribution in [0.25, 0.3) is 0 Å². The summed E-state index contributed by atoms with van der Waals surface area (Å²) in [4.78, 5) is 10.7. The van der Waals surface area contributed by atoms with Crippen LogP contribution in [0.3, 0.4) is 0 Å². The second-order valence-corrected chi connectivity index (χ2v) is 6.96. The van der Waals surface area contributed by atoms with E-state index in [0.29, 0.717) is 6.54 Å². The largest absolute Gasteiger partial charge is 0.477 e. The lowest BCUT2D eigenvalue weighted by molar-refractivity contribution is 0.0702. The molecule has 0 unspecified atom stereocenters. The van der Waals surface area contributed by atoms with Crippen LogP contribution in [0.5, 0.6) is 0 Å². The Balaban J connectivity index is 2.92. The number of hydrogen-bond acceptors (Lipinski definition) is 4. The molecule has 1 rings (SSSR count). The average Bonchev–Trinajstić information content (AvgIpc) is 2.75. The minimum Gasteiger partial charge on any atom is -0.477 e. The molecule has 0 saturated heterocycles. The monoisotopic (exact) mass is 277 g/mol. The second kappa shape index (κ2) is 5.61. The summed E-state index contributed by atoms with van der Waals surface area (Å²) in [6.45, 7) is 2.42. The average molecular weight is 277 g/mol. The Labute approximate surface area is 105 Å². The first-order chi connectivity index (χ1) is 7.89. The highest BCUT2D eigenvalue weighted by atomic mass is 32.2. The van der Waals surface area contributed by atoms with Gasteiger partial charge < -0.3 is 5.11 Å². The third-order valence-electron chi connectivity index (χ3n) is 2.28. The molecule has 5 nitrogen and oxygen atoms in total. The molecule has 0 fully saturated rings. The number of carboxylic acid groups (broad SMARTS) is 1. The normalized spacial score (nSPS) is 11.9. The lowest BCUT2D eigenvalue weighted by Crippen LogP contribution is -2.27. The molecule has 1 aromatic heterocycles. The van der Waals surface area contributed by atoms with Gasteiger partial charge in [-0.05, 0) is 18.6 Å². The van der Waals surface area contributed by atoms with Crippen molar-refractivity contribution in [2.24, 2.45) is 0 Å². The predicted octanol–water partition coefficient (Wildman–Crippen LogP) is 1.87. The van der Waals surface area contributed by atoms with Crippen LogP contribution < -0.4 is 0 Å². The van der Waals surface area contributed by atoms with Gasteiger partial charge in [-0.25, -0.2) is 17.5 Å². The summed E-state index contributed by atoms with van der Waals surface area (Å²) in [5.74, 6) is -1.10. The number of carbonyl (C=O) groups is 1. The Morgan fingerprint density at radius 3 is 2.59 bits per heavy atom. The minimum absolute atomic E-state index is 0.0347. The molecule has 0 aliphatic rings. The number of carboxylic acids is 1. The maximum absolute atomic E-state index is 12.0. The second-order valence-electron chi connectivity index (χ2n) is 3.60. The molecular formula is C10H15NO4S2. The van der Waals surface area contributed by atoms with Crippen molar-refractivity contribution in [3.8, 4) is 0 Å². The van der Waals surface area contributed by atoms with Gasteiger partial charge in [0.05, 0.1) is 0 Å². The molecule has 0 aliphatic carbocycles. The highest BCUT2D eigenvalue weighted by molar-refractivity contribution is 7.91. The van der Waals surface area contributed by atoms with E-state index in [-0.39, 0.29) is 9.09 Å². The first kappa shape index (κ1) is 14.1. The Hall–Kier alpha value is -0.920. The molecule has 0 amide bonds. The van der Waals surface area contributed by atoms with E-state index in [1.165, 1.54) is 23.5 Å². The molecule has 0 bridgehead atoms. The molecule has 0 spiro atoms. The third-order valence-corrected chi connectivity index (χ3v) is 5.68. The maximum Gasteiger partial charge on any atom is 0.345 e. The van der Waals surface area contributed by atoms with E-state index in [1.54, 1.807) is 0 Å². The summed E-state index contributed by atoms with van der Waals surface area (Å²) in [7, 11) is -2.03. The zero-order chi connectivity index (χ0) is 13.1. The van der Waals surface area contributed by atoms with Crippen LogP contribution in [0, 0.1) is 0 Å². The van der Waals surface area contributed by atoms with E-state index >= 15 is 0 Å². The lowest BCUT2D eigenvalue weighted by Gasteiger charge is -2.15. The van der Waals surface area contributed by atoms with Crippen LogP contribution in [0.2, 0.25) is 0 Å². The summed E-state index contributed by atoms with van der Waals surface area (Å²) >= 11 is 0.781. The number of sulfonamides is 1. The van der Waals surface area contributed by atoms with E-state index in [1.807, 2.05) is 6.92 Å². The number of aromatic carboxylic acids is 1. The van der Waals surface area contributed by atoms with E-state index in [4.69, 9.17) is 5.11 Å². The minimum atomic E-state index is -3.54. The topological polar surface area (TPSA) is 74.7 Å². The predicted molar refractivity (Wildman–Crippen MR) is 66.0 cm³/mol. The summed E-state index contributed by atoms with van der Waals surface area (Å²) in [6, 6.07) is 2.65. The highest BCUT2D eigenvalue weighted by Crippen LogP contribution is 2.24. The fourth-order valence-electron chi connectivity index (χ4n) is 1.23. The van der Waals surface area contributed by atoms with Gasteiger partial charge in [0.1, 0.15) is 9.09 Å². The zero-order valence-electron chi connectivity index (χ0n) is 9.71. The summed E-state index contributed by atoms with van der Waals surface area (Å²) in [6.07, 6.45) is 1.69. The quantitative estimate of drug-likeness (QED) is 0.861. The molecule has 0 aromatic carbocycles. The Bertz CT molecular complexity index is 492. The fourth-order valence-corrected chi connectivity index (χ4v) is 3.79. The van der Waals surface area contributed by atoms with Gasteiger partial charge in [0, 0.05) is 13.6 Å². The van der Waals surface area contributed by atoms with Gasteiger partial charge in [0.15, 0.2) is 0 Å². The van der Waals surface area contributed by atoms with Crippen molar-refractivity contribution in [2.75, 3.05) is 13.6 Å². The summed E-state index contributed by atoms with van der Waals surface area (Å²) < 4.78 is 25.4. The van der Waals surface area contributed by atoms with Crippen LogP contribution >= 0.6 is 11.3 Å². The molecule has 96 valence electrons. The van der Waals surface area contributed by atoms with Gasteiger partial charge in [-0.2, -0.15) is 0 Å². The van der Waals surface area contributed by atoms with Crippen molar-refractivity contribution in [3.63, 3.8) is 0 Å². The van der Waals surface area contributed by atoms with Crippen LogP contribution in [0.15, 0.2) is 16.3 Å². The molecule has 7 heteroatoms. The standard InChI is InChI=1S/C10H15NO4S2/c1-3-4-7-11(2)17(14,15)9-6-5-8(16-9)10(12)13/h5-6H,3-4,7H2,1-2H3,(H,12,13). The Morgan fingerprint density at radius 1 is 1.47 bits per heavy atom. The Morgan fingerprint density at radius 2 is 2.12 bits per heavy atom. The van der Waals surface area contributed by atoms with Crippen LogP contribution in [-0.4, -0.2) is 37.4 Å². The first-order valence-corrected chi connectivity index (χ1v) is 7.44. The molecule has 0 radical (unpaired) electrons. The maximum atomic E-state index is 12.0. The van der Waals surface area contributed by atoms with Gasteiger partial charge >= 0.3 is 5.97 Å². The molecule has 17 heavy (non-hydrogen) atoms. The van der Waals surface area contributed by atoms with Crippen molar-refractivity contribution in [2.45, 2.75) is 24.0 Å². The van der Waals surface area contributed by atoms with Crippen LogP contribution in [0.4, 0.5) is 0 Å². The number of hydrogen-bond donors (Lipinski definition) is 1. The summed E-state index contributed by atoms with van der Waals surface area (Å²) in [5.41, 5.74) is 0. The van der Waals surface area contributed by atoms with E-state index < -0.39 is 16.0 Å². The van der Waals surface area contributed by atoms with Gasteiger partial charge in [0.25, 0.3) is 10.0 Å². The number of unbranched alkanes of at least 4 members (excludes halogenated alkanes) is 1. The molecule has 0 aliphatic heterocycles. The Kier molecular flexibility index (Phi) is 4.67. The number of nitrogens with zero attached hydrogens (tertiary/aromatic N) is 1. The molecule has 1 aromatic rings. The van der Waals surface area contributed by atoms with Gasteiger partial charge in [-0.15, -0.1) is 11.3 Å². The van der Waals surface area contributed by atoms with Gasteiger partial charge in [0.2, 0.25) is 0 Å². The number of rotatable bonds is 6. The smallest absolute Gasteiger partial charge is 0.345 e. The van der Waals surface area contributed by atoms with E-state index in [9.17, 15) is 13.2 Å². The third kappa shape index (κ3) is 3.27. The van der Waals surface area contributed by atoms with Crippen molar-refractivity contribution < 1.29 is 18.3 Å². The zero-order valence-corrected chi connectivity index (χ0v) is 11.3. The fraction of sp³-hybridized carbons (Fsp3) is 0.500. The van der Waals surface area contributed by atoms with Crippen molar-refractivity contribution in [1.82, 2.24) is 4.31 Å². The highest BCUT2D eigenvalue weighted by Gasteiger charge is 2.23. The molecule has 0 atom stereocenters. The van der Waals surface area contributed by atoms with Crippen molar-refractivity contribution >= 4 is 27.3 Å². The van der Waals surface area contributed by atoms with Crippen molar-refractivity contribution in [1.29, 1.82) is 0 Å². The molecular weight excluding hydrogens is 262 g/mol. The first-order valence-electron chi connectivity index (χ1n) is 5.19. The van der Waals surface area contributed by atoms with E-state index in [2.05, 4.69) is 0 Å². The summed E-state index contributed by atoms with van der Waals surface area (Å²) in [5, 5.41) is 8.75. The SMILES string of the molecule is CCCCN(C)S(=O)(=O)c1ccc(C(=O)O)s1. The molecule has 1 heterocycles.